The van der Waals surface area contributed by atoms with E-state index < -0.39 is 5.97 Å². The molecule has 0 aliphatic rings. The second kappa shape index (κ2) is 30.9. The van der Waals surface area contributed by atoms with Crippen molar-refractivity contribution in [3.8, 4) is 0 Å². The highest BCUT2D eigenvalue weighted by Gasteiger charge is 2.14. The largest absolute Gasteiger partial charge is 0.481 e. The predicted octanol–water partition coefficient (Wildman–Crippen LogP) is 12.0. The molecule has 1 N–H and O–H groups in total. The molecule has 4 heteroatoms. The van der Waals surface area contributed by atoms with Gasteiger partial charge in [-0.1, -0.05) is 156 Å². The Morgan fingerprint density at radius 1 is 0.500 bits per heavy atom. The van der Waals surface area contributed by atoms with Crippen LogP contribution in [0.5, 0.6) is 0 Å². The van der Waals surface area contributed by atoms with Gasteiger partial charge in [0, 0.05) is 12.8 Å². The van der Waals surface area contributed by atoms with E-state index in [4.69, 9.17) is 9.84 Å². The van der Waals surface area contributed by atoms with Crippen LogP contribution in [0.15, 0.2) is 0 Å². The first-order valence-corrected chi connectivity index (χ1v) is 17.9. The average molecular weight is 567 g/mol. The first-order chi connectivity index (χ1) is 19.5. The normalized spacial score (nSPS) is 12.2. The molecule has 0 spiro atoms. The van der Waals surface area contributed by atoms with Gasteiger partial charge >= 0.3 is 11.9 Å². The van der Waals surface area contributed by atoms with Gasteiger partial charge in [0.15, 0.2) is 0 Å². The van der Waals surface area contributed by atoms with Crippen LogP contribution in [0.25, 0.3) is 0 Å². The van der Waals surface area contributed by atoms with Crippen molar-refractivity contribution >= 4 is 11.9 Å². The molecule has 0 saturated heterocycles. The fraction of sp³-hybridized carbons (Fsp3) is 0.944. The Labute approximate surface area is 250 Å². The van der Waals surface area contributed by atoms with Crippen LogP contribution in [0.3, 0.4) is 0 Å². The molecule has 0 amide bonds. The van der Waals surface area contributed by atoms with Gasteiger partial charge < -0.3 is 9.84 Å². The van der Waals surface area contributed by atoms with Crippen molar-refractivity contribution in [2.45, 2.75) is 213 Å². The molecule has 0 saturated carbocycles. The first kappa shape index (κ1) is 38.9. The maximum Gasteiger partial charge on any atom is 0.306 e. The van der Waals surface area contributed by atoms with Gasteiger partial charge in [-0.2, -0.15) is 0 Å². The summed E-state index contributed by atoms with van der Waals surface area (Å²) in [5.74, 6) is 0.146. The number of hydrogen-bond donors (Lipinski definition) is 1. The number of ether oxygens (including phenoxy) is 1. The summed E-state index contributed by atoms with van der Waals surface area (Å²) in [7, 11) is 0. The van der Waals surface area contributed by atoms with Gasteiger partial charge in [0.2, 0.25) is 0 Å². The number of carbonyl (C=O) groups is 2. The van der Waals surface area contributed by atoms with Crippen molar-refractivity contribution in [1.82, 2.24) is 0 Å². The summed E-state index contributed by atoms with van der Waals surface area (Å²) in [6, 6.07) is 0. The molecule has 1 unspecified atom stereocenters. The highest BCUT2D eigenvalue weighted by molar-refractivity contribution is 5.69. The van der Waals surface area contributed by atoms with Gasteiger partial charge in [0.1, 0.15) is 6.10 Å². The van der Waals surface area contributed by atoms with Gasteiger partial charge in [-0.15, -0.1) is 0 Å². The Morgan fingerprint density at radius 2 is 0.850 bits per heavy atom. The van der Waals surface area contributed by atoms with Gasteiger partial charge in [-0.25, -0.2) is 0 Å². The van der Waals surface area contributed by atoms with Crippen LogP contribution in [0.2, 0.25) is 0 Å². The summed E-state index contributed by atoms with van der Waals surface area (Å²) < 4.78 is 6.01. The highest BCUT2D eigenvalue weighted by Crippen LogP contribution is 2.19. The van der Waals surface area contributed by atoms with E-state index in [1.807, 2.05) is 0 Å². The van der Waals surface area contributed by atoms with Gasteiger partial charge in [-0.05, 0) is 44.4 Å². The van der Waals surface area contributed by atoms with Crippen molar-refractivity contribution in [2.75, 3.05) is 0 Å². The topological polar surface area (TPSA) is 63.6 Å². The minimum atomic E-state index is -0.690. The molecule has 0 aromatic rings. The molecule has 0 aliphatic heterocycles. The Bertz CT molecular complexity index is 545. The fourth-order valence-electron chi connectivity index (χ4n) is 5.60. The minimum absolute atomic E-state index is 0.0134. The van der Waals surface area contributed by atoms with Gasteiger partial charge in [0.05, 0.1) is 0 Å². The van der Waals surface area contributed by atoms with Crippen molar-refractivity contribution in [1.29, 1.82) is 0 Å². The molecule has 0 rings (SSSR count). The van der Waals surface area contributed by atoms with E-state index in [0.29, 0.717) is 12.8 Å². The van der Waals surface area contributed by atoms with Crippen molar-refractivity contribution in [2.24, 2.45) is 5.92 Å². The van der Waals surface area contributed by atoms with E-state index in [1.54, 1.807) is 0 Å². The number of hydrogen-bond acceptors (Lipinski definition) is 3. The maximum absolute atomic E-state index is 12.6. The van der Waals surface area contributed by atoms with Crippen LogP contribution in [-0.2, 0) is 14.3 Å². The molecule has 0 aromatic heterocycles. The summed E-state index contributed by atoms with van der Waals surface area (Å²) in [6.45, 7) is 6.90. The number of unbranched alkanes of at least 4 members (excludes halogenated alkanes) is 21. The van der Waals surface area contributed by atoms with E-state index in [0.717, 1.165) is 57.3 Å². The second-order valence-corrected chi connectivity index (χ2v) is 12.9. The van der Waals surface area contributed by atoms with Crippen LogP contribution >= 0.6 is 0 Å². The SMILES string of the molecule is CCCCCCCCCCCCC(CCCCCCCCC(C)C)OC(=O)CCCCCCCCCCC(=O)O. The Kier molecular flexibility index (Phi) is 30.1. The standard InChI is InChI=1S/C36H70O4/c1-4-5-6-7-8-9-10-13-19-24-29-34(30-25-20-17-16-18-23-28-33(2)3)40-36(39)32-27-22-15-12-11-14-21-26-31-35(37)38/h33-34H,4-32H2,1-3H3,(H,37,38). The highest BCUT2D eigenvalue weighted by atomic mass is 16.5. The van der Waals surface area contributed by atoms with Crippen molar-refractivity contribution in [3.05, 3.63) is 0 Å². The van der Waals surface area contributed by atoms with E-state index in [2.05, 4.69) is 20.8 Å². The molecule has 4 nitrogen and oxygen atoms in total. The van der Waals surface area contributed by atoms with E-state index >= 15 is 0 Å². The van der Waals surface area contributed by atoms with E-state index in [-0.39, 0.29) is 12.1 Å². The number of esters is 1. The lowest BCUT2D eigenvalue weighted by molar-refractivity contribution is -0.150. The zero-order chi connectivity index (χ0) is 29.5. The van der Waals surface area contributed by atoms with Gasteiger partial charge in [0.25, 0.3) is 0 Å². The molecule has 0 aromatic carbocycles. The lowest BCUT2D eigenvalue weighted by Gasteiger charge is -2.18. The molecule has 0 radical (unpaired) electrons. The smallest absolute Gasteiger partial charge is 0.306 e. The number of rotatable bonds is 32. The number of carboxylic acid groups (broad SMARTS) is 1. The maximum atomic E-state index is 12.6. The van der Waals surface area contributed by atoms with Crippen LogP contribution in [0.1, 0.15) is 207 Å². The minimum Gasteiger partial charge on any atom is -0.481 e. The Balaban J connectivity index is 4.06. The summed E-state index contributed by atoms with van der Waals surface area (Å²) in [6.07, 6.45) is 34.1. The Hall–Kier alpha value is -1.06. The van der Waals surface area contributed by atoms with Crippen molar-refractivity contribution in [3.63, 3.8) is 0 Å². The number of carbonyl (C=O) groups excluding carboxylic acids is 1. The summed E-state index contributed by atoms with van der Waals surface area (Å²) in [5.41, 5.74) is 0. The van der Waals surface area contributed by atoms with Crippen LogP contribution < -0.4 is 0 Å². The first-order valence-electron chi connectivity index (χ1n) is 17.9. The monoisotopic (exact) mass is 567 g/mol. The molecular weight excluding hydrogens is 496 g/mol. The molecule has 0 fully saturated rings. The third-order valence-corrected chi connectivity index (χ3v) is 8.26. The fourth-order valence-corrected chi connectivity index (χ4v) is 5.60. The summed E-state index contributed by atoms with van der Waals surface area (Å²) in [4.78, 5) is 23.1. The van der Waals surface area contributed by atoms with Gasteiger partial charge in [-0.3, -0.25) is 9.59 Å². The predicted molar refractivity (Wildman–Crippen MR) is 172 cm³/mol. The molecule has 0 aliphatic carbocycles. The van der Waals surface area contributed by atoms with Crippen LogP contribution in [-0.4, -0.2) is 23.1 Å². The molecule has 1 atom stereocenters. The lowest BCUT2D eigenvalue weighted by atomic mass is 10.0. The lowest BCUT2D eigenvalue weighted by Crippen LogP contribution is -2.18. The molecule has 238 valence electrons. The third-order valence-electron chi connectivity index (χ3n) is 8.26. The second-order valence-electron chi connectivity index (χ2n) is 12.9. The summed E-state index contributed by atoms with van der Waals surface area (Å²) in [5, 5.41) is 8.69. The van der Waals surface area contributed by atoms with Crippen LogP contribution in [0.4, 0.5) is 0 Å². The Morgan fingerprint density at radius 3 is 1.25 bits per heavy atom. The van der Waals surface area contributed by atoms with Crippen LogP contribution in [0, 0.1) is 5.92 Å². The molecule has 40 heavy (non-hydrogen) atoms. The number of aliphatic carboxylic acids is 1. The zero-order valence-corrected chi connectivity index (χ0v) is 27.3. The molecular formula is C36H70O4. The van der Waals surface area contributed by atoms with Crippen molar-refractivity contribution < 1.29 is 19.4 Å². The summed E-state index contributed by atoms with van der Waals surface area (Å²) >= 11 is 0. The molecule has 0 bridgehead atoms. The third kappa shape index (κ3) is 31.5. The number of carboxylic acids is 1. The van der Waals surface area contributed by atoms with E-state index in [1.165, 1.54) is 122 Å². The quantitative estimate of drug-likeness (QED) is 0.0649. The average Bonchev–Trinajstić information content (AvgIpc) is 2.91. The van der Waals surface area contributed by atoms with E-state index in [9.17, 15) is 9.59 Å². The zero-order valence-electron chi connectivity index (χ0n) is 27.3. The molecule has 0 heterocycles.